The lowest BCUT2D eigenvalue weighted by molar-refractivity contribution is -0.357. The van der Waals surface area contributed by atoms with Crippen LogP contribution in [-0.2, 0) is 95.3 Å². The van der Waals surface area contributed by atoms with Gasteiger partial charge in [-0.2, -0.15) is 0 Å². The second-order valence-corrected chi connectivity index (χ2v) is 15.4. The van der Waals surface area contributed by atoms with Crippen LogP contribution in [0.3, 0.4) is 0 Å². The molecule has 0 spiro atoms. The fourth-order valence-corrected chi connectivity index (χ4v) is 8.03. The molecule has 3 fully saturated rings. The molecule has 2 heterocycles. The minimum absolute atomic E-state index is 0.0362. The Kier molecular flexibility index (Phi) is 16.7. The number of Topliss-reactive ketones (excluding diaryl/α,β-unsaturated/α-hetero) is 1. The normalized spacial score (nSPS) is 32.2. The molecule has 2 aliphatic carbocycles. The van der Waals surface area contributed by atoms with E-state index in [9.17, 15) is 43.2 Å². The summed E-state index contributed by atoms with van der Waals surface area (Å²) < 4.78 is 62.5. The van der Waals surface area contributed by atoms with E-state index in [1.807, 2.05) is 0 Å². The topological polar surface area (TPSA) is 255 Å². The molecule has 13 atom stereocenters. The number of carbonyl (C=O) groups is 9. The van der Waals surface area contributed by atoms with Crippen molar-refractivity contribution in [2.75, 3.05) is 13.2 Å². The molecule has 61 heavy (non-hydrogen) atoms. The quantitative estimate of drug-likeness (QED) is 0.137. The Morgan fingerprint density at radius 1 is 0.574 bits per heavy atom. The Morgan fingerprint density at radius 3 is 1.52 bits per heavy atom. The standard InChI is InChI=1S/C41H54O20/c1-17-11-12-27(13-29-19(3)30(49)14-28(17)29)18(2)39(50)61-41-38(57-26(10)48)36(55-24(8)46)34(32(59-41)16-52-21(5)43)60-40-37(56-25(9)47)35(54-23(7)45)33(53-22(6)44)31(58-40)15-51-20(4)42/h17,27-28,31-38,40-41H,2,11-16H2,1,3-10H3/t17-,27+,28-,31-,32-,33+,34-,35+,36+,37-,38-,40+,41-/m1/s1. The van der Waals surface area contributed by atoms with Gasteiger partial charge in [0.15, 0.2) is 36.5 Å². The number of hydrogen-bond donors (Lipinski definition) is 0. The maximum atomic E-state index is 14.0. The van der Waals surface area contributed by atoms with Crippen molar-refractivity contribution in [2.45, 2.75) is 149 Å². The molecule has 20 nitrogen and oxygen atoms in total. The molecule has 0 aromatic carbocycles. The van der Waals surface area contributed by atoms with E-state index in [-0.39, 0.29) is 23.2 Å². The van der Waals surface area contributed by atoms with E-state index >= 15 is 0 Å². The predicted molar refractivity (Wildman–Crippen MR) is 201 cm³/mol. The molecule has 2 saturated heterocycles. The summed E-state index contributed by atoms with van der Waals surface area (Å²) >= 11 is 0. The molecule has 0 bridgehead atoms. The van der Waals surface area contributed by atoms with Crippen molar-refractivity contribution < 1.29 is 95.3 Å². The van der Waals surface area contributed by atoms with Crippen LogP contribution in [0, 0.1) is 17.8 Å². The fourth-order valence-electron chi connectivity index (χ4n) is 8.03. The zero-order chi connectivity index (χ0) is 45.5. The summed E-state index contributed by atoms with van der Waals surface area (Å²) in [6.45, 7) is 13.8. The molecule has 0 N–H and O–H groups in total. The zero-order valence-corrected chi connectivity index (χ0v) is 35.6. The van der Waals surface area contributed by atoms with Crippen LogP contribution < -0.4 is 0 Å². The molecule has 0 aromatic heterocycles. The van der Waals surface area contributed by atoms with Gasteiger partial charge >= 0.3 is 47.8 Å². The molecule has 0 radical (unpaired) electrons. The van der Waals surface area contributed by atoms with Gasteiger partial charge in [-0.15, -0.1) is 0 Å². The summed E-state index contributed by atoms with van der Waals surface area (Å²) in [6.07, 6.45) is -15.0. The van der Waals surface area contributed by atoms with Gasteiger partial charge in [0.2, 0.25) is 12.4 Å². The average molecular weight is 867 g/mol. The number of rotatable bonds is 14. The first-order valence-corrected chi connectivity index (χ1v) is 19.8. The number of carbonyl (C=O) groups excluding carboxylic acids is 9. The number of fused-ring (bicyclic) bond motifs is 1. The highest BCUT2D eigenvalue weighted by molar-refractivity contribution is 5.98. The lowest BCUT2D eigenvalue weighted by Gasteiger charge is -2.48. The highest BCUT2D eigenvalue weighted by Gasteiger charge is 2.58. The van der Waals surface area contributed by atoms with Gasteiger partial charge in [0.05, 0.1) is 0 Å². The Labute approximate surface area is 352 Å². The zero-order valence-electron chi connectivity index (χ0n) is 35.6. The second-order valence-electron chi connectivity index (χ2n) is 15.4. The first-order valence-electron chi connectivity index (χ1n) is 19.8. The van der Waals surface area contributed by atoms with Crippen LogP contribution in [0.4, 0.5) is 0 Å². The molecule has 1 saturated carbocycles. The van der Waals surface area contributed by atoms with Gasteiger partial charge in [-0.25, -0.2) is 4.79 Å². The maximum Gasteiger partial charge on any atom is 0.336 e. The van der Waals surface area contributed by atoms with Crippen LogP contribution in [-0.4, -0.2) is 128 Å². The Bertz CT molecular complexity index is 1780. The van der Waals surface area contributed by atoms with Crippen LogP contribution >= 0.6 is 0 Å². The number of esters is 8. The summed E-state index contributed by atoms with van der Waals surface area (Å²) in [5, 5.41) is 0. The van der Waals surface area contributed by atoms with Crippen LogP contribution in [0.15, 0.2) is 23.3 Å². The van der Waals surface area contributed by atoms with E-state index in [1.165, 1.54) is 0 Å². The molecule has 0 aromatic rings. The Balaban J connectivity index is 1.76. The van der Waals surface area contributed by atoms with Crippen molar-refractivity contribution in [1.29, 1.82) is 0 Å². The van der Waals surface area contributed by atoms with Crippen LogP contribution in [0.1, 0.15) is 88.0 Å². The SMILES string of the molecule is C=C(C(=O)O[C@H]1O[C@H](COC(C)=O)[C@@H](O[C@@H]2O[C@H](COC(C)=O)[C@H](OC(C)=O)[C@H](OC(C)=O)[C@H]2OC(C)=O)[C@H](OC(C)=O)[C@H]1OC(C)=O)[C@H]1CC[C@@H](C)[C@H]2CC(=O)C(C)=C2C1. The van der Waals surface area contributed by atoms with Gasteiger partial charge in [-0.1, -0.05) is 19.1 Å². The molecule has 20 heteroatoms. The van der Waals surface area contributed by atoms with Gasteiger partial charge in [0.25, 0.3) is 0 Å². The third-order valence-electron chi connectivity index (χ3n) is 10.7. The summed E-state index contributed by atoms with van der Waals surface area (Å²) in [4.78, 5) is 113. The molecule has 2 aliphatic heterocycles. The van der Waals surface area contributed by atoms with Crippen molar-refractivity contribution in [3.63, 3.8) is 0 Å². The summed E-state index contributed by atoms with van der Waals surface area (Å²) in [6, 6.07) is 0. The number of allylic oxidation sites excluding steroid dienone is 2. The third-order valence-corrected chi connectivity index (χ3v) is 10.7. The largest absolute Gasteiger partial charge is 0.463 e. The summed E-state index contributed by atoms with van der Waals surface area (Å²) in [7, 11) is 0. The van der Waals surface area contributed by atoms with Gasteiger partial charge < -0.3 is 52.1 Å². The van der Waals surface area contributed by atoms with Crippen molar-refractivity contribution in [1.82, 2.24) is 0 Å². The smallest absolute Gasteiger partial charge is 0.336 e. The van der Waals surface area contributed by atoms with Gasteiger partial charge in [-0.3, -0.25) is 38.4 Å². The van der Waals surface area contributed by atoms with E-state index in [2.05, 4.69) is 13.5 Å². The first kappa shape index (κ1) is 48.5. The van der Waals surface area contributed by atoms with E-state index in [0.29, 0.717) is 31.3 Å². The second kappa shape index (κ2) is 21.0. The van der Waals surface area contributed by atoms with Crippen molar-refractivity contribution in [2.24, 2.45) is 17.8 Å². The highest BCUT2D eigenvalue weighted by Crippen LogP contribution is 2.45. The van der Waals surface area contributed by atoms with E-state index in [1.54, 1.807) is 6.92 Å². The number of ether oxygens (including phenoxy) is 11. The number of ketones is 1. The maximum absolute atomic E-state index is 14.0. The summed E-state index contributed by atoms with van der Waals surface area (Å²) in [5.41, 5.74) is 1.66. The average Bonchev–Trinajstić information content (AvgIpc) is 3.32. The fraction of sp³-hybridized carbons (Fsp3) is 0.683. The van der Waals surface area contributed by atoms with Gasteiger partial charge in [0.1, 0.15) is 31.5 Å². The van der Waals surface area contributed by atoms with Crippen molar-refractivity contribution in [3.8, 4) is 0 Å². The predicted octanol–water partition coefficient (Wildman–Crippen LogP) is 2.05. The molecule has 4 rings (SSSR count). The minimum atomic E-state index is -1.88. The minimum Gasteiger partial charge on any atom is -0.463 e. The Morgan fingerprint density at radius 2 is 1.02 bits per heavy atom. The first-order chi connectivity index (χ1) is 28.6. The van der Waals surface area contributed by atoms with Crippen LogP contribution in [0.25, 0.3) is 0 Å². The molecule has 4 aliphatic rings. The van der Waals surface area contributed by atoms with Gasteiger partial charge in [0, 0.05) is 60.5 Å². The Hall–Kier alpha value is -5.21. The van der Waals surface area contributed by atoms with Gasteiger partial charge in [-0.05, 0) is 49.5 Å². The summed E-state index contributed by atoms with van der Waals surface area (Å²) in [5.74, 6) is -7.41. The van der Waals surface area contributed by atoms with Crippen molar-refractivity contribution >= 4 is 53.5 Å². The van der Waals surface area contributed by atoms with Crippen LogP contribution in [0.5, 0.6) is 0 Å². The molecular formula is C41H54O20. The molecule has 0 amide bonds. The molecule has 0 unspecified atom stereocenters. The lowest BCUT2D eigenvalue weighted by Crippen LogP contribution is -2.67. The van der Waals surface area contributed by atoms with Crippen LogP contribution in [0.2, 0.25) is 0 Å². The highest BCUT2D eigenvalue weighted by atomic mass is 16.8. The molecular weight excluding hydrogens is 812 g/mol. The van der Waals surface area contributed by atoms with Crippen molar-refractivity contribution in [3.05, 3.63) is 23.3 Å². The van der Waals surface area contributed by atoms with E-state index < -0.39 is 128 Å². The molecule has 338 valence electrons. The lowest BCUT2D eigenvalue weighted by atomic mass is 9.86. The monoisotopic (exact) mass is 866 g/mol. The third kappa shape index (κ3) is 12.7. The van der Waals surface area contributed by atoms with E-state index in [4.69, 9.17) is 52.1 Å². The number of hydrogen-bond acceptors (Lipinski definition) is 20. The van der Waals surface area contributed by atoms with E-state index in [0.717, 1.165) is 54.0 Å².